The second kappa shape index (κ2) is 12.5. The predicted octanol–water partition coefficient (Wildman–Crippen LogP) is 14.9. The van der Waals surface area contributed by atoms with Crippen molar-refractivity contribution in [2.75, 3.05) is 0 Å². The summed E-state index contributed by atoms with van der Waals surface area (Å²) in [6, 6.07) is 62.4. The Kier molecular flexibility index (Phi) is 6.99. The Bertz CT molecular complexity index is 3540. The smallest absolute Gasteiger partial charge is 0.144 e. The fourth-order valence-electron chi connectivity index (χ4n) is 9.01. The molecule has 3 nitrogen and oxygen atoms in total. The van der Waals surface area contributed by atoms with Crippen molar-refractivity contribution in [3.8, 4) is 11.1 Å². The summed E-state index contributed by atoms with van der Waals surface area (Å²) in [5.74, 6) is 0. The Labute approximate surface area is 328 Å². The van der Waals surface area contributed by atoms with Gasteiger partial charge < -0.3 is 8.83 Å². The third kappa shape index (κ3) is 5.02. The lowest BCUT2D eigenvalue weighted by Gasteiger charge is -2.12. The average Bonchev–Trinajstić information content (AvgIpc) is 3.78. The minimum absolute atomic E-state index is 0.747. The Balaban J connectivity index is 1.11. The standard InChI is InChI=1S/C54H33NO2/c1-2-12-33(13-3-1)35-25-29-47(38-24-26-40-37(30-38)23-22-34-14-4-6-16-39(34)40)55-48(32-35)43-28-27-42(53-52(43)45-19-9-11-21-50(45)56-53)46-31-36-15-5-7-17-41(36)51-44-18-8-10-20-49(44)57-54(46)51/h1-24,26-32H,25H2. The number of nitrogens with zero attached hydrogens (tertiary/aromatic N) is 1. The van der Waals surface area contributed by atoms with E-state index in [0.29, 0.717) is 0 Å². The summed E-state index contributed by atoms with van der Waals surface area (Å²) in [6.45, 7) is 0. The van der Waals surface area contributed by atoms with Gasteiger partial charge in [-0.25, -0.2) is 4.99 Å². The summed E-state index contributed by atoms with van der Waals surface area (Å²) in [7, 11) is 0. The number of furan rings is 2. The molecule has 0 bridgehead atoms. The first-order chi connectivity index (χ1) is 28.2. The average molecular weight is 728 g/mol. The maximum Gasteiger partial charge on any atom is 0.144 e. The molecule has 9 aromatic carbocycles. The van der Waals surface area contributed by atoms with Gasteiger partial charge in [0.05, 0.1) is 11.4 Å². The van der Waals surface area contributed by atoms with Gasteiger partial charge in [-0.05, 0) is 86.3 Å². The minimum Gasteiger partial charge on any atom is -0.455 e. The zero-order valence-corrected chi connectivity index (χ0v) is 30.9. The molecule has 0 saturated carbocycles. The van der Waals surface area contributed by atoms with Crippen molar-refractivity contribution in [1.82, 2.24) is 0 Å². The molecule has 266 valence electrons. The molecular formula is C54H33NO2. The third-order valence-electron chi connectivity index (χ3n) is 11.7. The molecule has 0 aliphatic carbocycles. The molecule has 0 atom stereocenters. The highest BCUT2D eigenvalue weighted by atomic mass is 16.3. The highest BCUT2D eigenvalue weighted by Gasteiger charge is 2.24. The summed E-state index contributed by atoms with van der Waals surface area (Å²) in [6.07, 6.45) is 5.30. The van der Waals surface area contributed by atoms with E-state index in [1.165, 1.54) is 38.1 Å². The van der Waals surface area contributed by atoms with Gasteiger partial charge in [0.25, 0.3) is 0 Å². The second-order valence-electron chi connectivity index (χ2n) is 15.0. The van der Waals surface area contributed by atoms with Gasteiger partial charge in [-0.2, -0.15) is 0 Å². The molecule has 0 amide bonds. The number of rotatable bonds is 4. The number of hydrogen-bond donors (Lipinski definition) is 0. The summed E-state index contributed by atoms with van der Waals surface area (Å²) in [5, 5.41) is 11.6. The van der Waals surface area contributed by atoms with Crippen molar-refractivity contribution in [3.63, 3.8) is 0 Å². The topological polar surface area (TPSA) is 38.6 Å². The fraction of sp³-hybridized carbons (Fsp3) is 0.0185. The van der Waals surface area contributed by atoms with Crippen molar-refractivity contribution in [2.24, 2.45) is 4.99 Å². The first kappa shape index (κ1) is 31.8. The van der Waals surface area contributed by atoms with Crippen LogP contribution in [0.4, 0.5) is 0 Å². The monoisotopic (exact) mass is 727 g/mol. The Hall–Kier alpha value is -7.49. The SMILES string of the molecule is C1=C(c2ccccc2)CC=C(c2ccc3c(ccc4ccccc43)c2)N=C1c1ccc(-c2cc3ccccc3c3c2oc2ccccc23)c2oc3ccccc3c12. The highest BCUT2D eigenvalue weighted by Crippen LogP contribution is 2.45. The van der Waals surface area contributed by atoms with Crippen LogP contribution in [0.5, 0.6) is 0 Å². The first-order valence-electron chi connectivity index (χ1n) is 19.5. The zero-order chi connectivity index (χ0) is 37.5. The van der Waals surface area contributed by atoms with E-state index in [9.17, 15) is 0 Å². The van der Waals surface area contributed by atoms with Crippen LogP contribution in [0.1, 0.15) is 23.1 Å². The van der Waals surface area contributed by atoms with Crippen LogP contribution >= 0.6 is 0 Å². The van der Waals surface area contributed by atoms with Gasteiger partial charge in [-0.15, -0.1) is 0 Å². The molecule has 3 heteroatoms. The summed E-state index contributed by atoms with van der Waals surface area (Å²) < 4.78 is 13.6. The normalized spacial score (nSPS) is 13.5. The molecule has 3 heterocycles. The van der Waals surface area contributed by atoms with Crippen LogP contribution in [0.15, 0.2) is 202 Å². The van der Waals surface area contributed by atoms with Crippen molar-refractivity contribution in [1.29, 1.82) is 0 Å². The molecule has 1 aliphatic rings. The Morgan fingerprint density at radius 1 is 0.404 bits per heavy atom. The molecule has 11 aromatic rings. The number of benzene rings is 9. The van der Waals surface area contributed by atoms with E-state index in [1.54, 1.807) is 0 Å². The molecule has 0 N–H and O–H groups in total. The van der Waals surface area contributed by atoms with E-state index in [2.05, 4.69) is 176 Å². The van der Waals surface area contributed by atoms with E-state index in [1.807, 2.05) is 12.1 Å². The summed E-state index contributed by atoms with van der Waals surface area (Å²) in [5.41, 5.74) is 11.7. The molecule has 0 fully saturated rings. The van der Waals surface area contributed by atoms with E-state index >= 15 is 0 Å². The van der Waals surface area contributed by atoms with Crippen LogP contribution in [-0.2, 0) is 0 Å². The number of fused-ring (bicyclic) bond motifs is 11. The van der Waals surface area contributed by atoms with Gasteiger partial charge in [-0.3, -0.25) is 0 Å². The van der Waals surface area contributed by atoms with Crippen LogP contribution in [0.2, 0.25) is 0 Å². The van der Waals surface area contributed by atoms with Crippen molar-refractivity contribution < 1.29 is 8.83 Å². The van der Waals surface area contributed by atoms with Gasteiger partial charge in [0, 0.05) is 43.8 Å². The molecule has 1 aliphatic heterocycles. The van der Waals surface area contributed by atoms with E-state index < -0.39 is 0 Å². The van der Waals surface area contributed by atoms with E-state index in [-0.39, 0.29) is 0 Å². The van der Waals surface area contributed by atoms with Crippen LogP contribution < -0.4 is 0 Å². The van der Waals surface area contributed by atoms with Crippen molar-refractivity contribution in [3.05, 3.63) is 205 Å². The van der Waals surface area contributed by atoms with Crippen LogP contribution in [0.3, 0.4) is 0 Å². The lowest BCUT2D eigenvalue weighted by molar-refractivity contribution is 0.665. The zero-order valence-electron chi connectivity index (χ0n) is 30.9. The lowest BCUT2D eigenvalue weighted by atomic mass is 9.92. The van der Waals surface area contributed by atoms with Gasteiger partial charge in [-0.1, -0.05) is 152 Å². The molecule has 0 spiro atoms. The van der Waals surface area contributed by atoms with Crippen molar-refractivity contribution >= 4 is 93.2 Å². The van der Waals surface area contributed by atoms with Gasteiger partial charge in [0.2, 0.25) is 0 Å². The third-order valence-corrected chi connectivity index (χ3v) is 11.7. The molecular weight excluding hydrogens is 695 g/mol. The maximum atomic E-state index is 6.91. The highest BCUT2D eigenvalue weighted by molar-refractivity contribution is 6.28. The Morgan fingerprint density at radius 2 is 1.00 bits per heavy atom. The largest absolute Gasteiger partial charge is 0.455 e. The van der Waals surface area contributed by atoms with Gasteiger partial charge >= 0.3 is 0 Å². The maximum absolute atomic E-state index is 6.91. The van der Waals surface area contributed by atoms with Crippen LogP contribution in [0, 0.1) is 0 Å². The van der Waals surface area contributed by atoms with E-state index in [4.69, 9.17) is 13.8 Å². The predicted molar refractivity (Wildman–Crippen MR) is 239 cm³/mol. The fourth-order valence-corrected chi connectivity index (χ4v) is 9.01. The molecule has 0 radical (unpaired) electrons. The van der Waals surface area contributed by atoms with Gasteiger partial charge in [0.1, 0.15) is 22.3 Å². The van der Waals surface area contributed by atoms with E-state index in [0.717, 1.165) is 89.3 Å². The second-order valence-corrected chi connectivity index (χ2v) is 15.0. The Morgan fingerprint density at radius 3 is 1.81 bits per heavy atom. The molecule has 0 saturated heterocycles. The first-order valence-corrected chi connectivity index (χ1v) is 19.5. The van der Waals surface area contributed by atoms with Crippen molar-refractivity contribution in [2.45, 2.75) is 6.42 Å². The van der Waals surface area contributed by atoms with Crippen LogP contribution in [-0.4, -0.2) is 5.71 Å². The lowest BCUT2D eigenvalue weighted by Crippen LogP contribution is -2.00. The number of hydrogen-bond acceptors (Lipinski definition) is 3. The molecule has 12 rings (SSSR count). The number of para-hydroxylation sites is 2. The van der Waals surface area contributed by atoms with Crippen LogP contribution in [0.25, 0.3) is 98.6 Å². The molecule has 57 heavy (non-hydrogen) atoms. The summed E-state index contributed by atoms with van der Waals surface area (Å²) >= 11 is 0. The number of allylic oxidation sites excluding steroid dienone is 3. The molecule has 0 unspecified atom stereocenters. The quantitative estimate of drug-likeness (QED) is 0.169. The number of aliphatic imine (C=N–C) groups is 1. The van der Waals surface area contributed by atoms with Gasteiger partial charge in [0.15, 0.2) is 0 Å². The minimum atomic E-state index is 0.747. The molecule has 2 aromatic heterocycles. The summed E-state index contributed by atoms with van der Waals surface area (Å²) in [4.78, 5) is 5.56.